The topological polar surface area (TPSA) is 24.4 Å². The van der Waals surface area contributed by atoms with Gasteiger partial charge in [0.05, 0.1) is 0 Å². The zero-order chi connectivity index (χ0) is 8.97. The van der Waals surface area contributed by atoms with Crippen LogP contribution in [0.1, 0.15) is 5.56 Å². The molecule has 0 atom stereocenters. The summed E-state index contributed by atoms with van der Waals surface area (Å²) in [5.41, 5.74) is 1.05. The summed E-state index contributed by atoms with van der Waals surface area (Å²) in [6.07, 6.45) is 0. The Hall–Kier alpha value is -1.02. The molecule has 0 amide bonds. The molecule has 0 unspecified atom stereocenters. The van der Waals surface area contributed by atoms with E-state index >= 15 is 0 Å². The van der Waals surface area contributed by atoms with E-state index in [1.807, 2.05) is 31.3 Å². The first-order valence-electron chi connectivity index (χ1n) is 3.68. The third-order valence-corrected chi connectivity index (χ3v) is 1.83. The van der Waals surface area contributed by atoms with Crippen LogP contribution in [0.25, 0.3) is 0 Å². The van der Waals surface area contributed by atoms with E-state index in [1.165, 1.54) is 0 Å². The van der Waals surface area contributed by atoms with Crippen molar-refractivity contribution in [1.29, 1.82) is 0 Å². The van der Waals surface area contributed by atoms with Crippen molar-refractivity contribution in [2.24, 2.45) is 4.99 Å². The molecule has 0 saturated carbocycles. The van der Waals surface area contributed by atoms with Gasteiger partial charge in [-0.05, 0) is 24.3 Å². The molecule has 0 aliphatic heterocycles. The Kier molecular flexibility index (Phi) is 3.11. The summed E-state index contributed by atoms with van der Waals surface area (Å²) < 4.78 is 0. The van der Waals surface area contributed by atoms with Gasteiger partial charge in [-0.3, -0.25) is 4.99 Å². The lowest BCUT2D eigenvalue weighted by Crippen LogP contribution is -2.18. The normalized spacial score (nSPS) is 11.4. The van der Waals surface area contributed by atoms with Crippen LogP contribution in [0.3, 0.4) is 0 Å². The van der Waals surface area contributed by atoms with Crippen molar-refractivity contribution in [2.75, 3.05) is 14.1 Å². The lowest BCUT2D eigenvalue weighted by molar-refractivity contribution is 1.15. The number of nitrogens with zero attached hydrogens (tertiary/aromatic N) is 1. The van der Waals surface area contributed by atoms with Crippen molar-refractivity contribution in [3.05, 3.63) is 34.9 Å². The fraction of sp³-hybridized carbons (Fsp3) is 0.222. The molecular weight excluding hydrogens is 172 g/mol. The highest BCUT2D eigenvalue weighted by Gasteiger charge is 1.97. The molecule has 0 spiro atoms. The number of rotatable bonds is 1. The molecule has 12 heavy (non-hydrogen) atoms. The second-order valence-corrected chi connectivity index (χ2v) is 2.77. The zero-order valence-electron chi connectivity index (χ0n) is 7.13. The summed E-state index contributed by atoms with van der Waals surface area (Å²) in [6.45, 7) is 0. The van der Waals surface area contributed by atoms with Crippen LogP contribution in [-0.4, -0.2) is 19.9 Å². The van der Waals surface area contributed by atoms with E-state index in [4.69, 9.17) is 11.6 Å². The lowest BCUT2D eigenvalue weighted by Gasteiger charge is -2.03. The molecule has 1 aromatic rings. The molecule has 0 radical (unpaired) electrons. The van der Waals surface area contributed by atoms with Crippen molar-refractivity contribution in [3.8, 4) is 0 Å². The minimum Gasteiger partial charge on any atom is -0.373 e. The molecule has 1 aromatic carbocycles. The van der Waals surface area contributed by atoms with Gasteiger partial charge in [-0.25, -0.2) is 0 Å². The van der Waals surface area contributed by atoms with Gasteiger partial charge in [0.1, 0.15) is 5.84 Å². The molecule has 1 N–H and O–H groups in total. The van der Waals surface area contributed by atoms with Gasteiger partial charge in [0.15, 0.2) is 0 Å². The second kappa shape index (κ2) is 4.12. The van der Waals surface area contributed by atoms with E-state index in [0.29, 0.717) is 0 Å². The molecule has 0 aliphatic carbocycles. The molecule has 64 valence electrons. The molecule has 3 heteroatoms. The molecule has 0 heterocycles. The van der Waals surface area contributed by atoms with Crippen molar-refractivity contribution < 1.29 is 0 Å². The fourth-order valence-electron chi connectivity index (χ4n) is 0.993. The maximum absolute atomic E-state index is 5.74. The summed E-state index contributed by atoms with van der Waals surface area (Å²) in [6, 6.07) is 7.56. The maximum Gasteiger partial charge on any atom is 0.127 e. The number of halogens is 1. The van der Waals surface area contributed by atoms with Crippen LogP contribution in [0.5, 0.6) is 0 Å². The van der Waals surface area contributed by atoms with Crippen molar-refractivity contribution in [2.45, 2.75) is 0 Å². The molecule has 0 fully saturated rings. The Bertz CT molecular complexity index is 277. The lowest BCUT2D eigenvalue weighted by atomic mass is 10.2. The van der Waals surface area contributed by atoms with E-state index in [0.717, 1.165) is 16.4 Å². The van der Waals surface area contributed by atoms with Gasteiger partial charge >= 0.3 is 0 Å². The van der Waals surface area contributed by atoms with Crippen LogP contribution in [0.4, 0.5) is 0 Å². The number of hydrogen-bond acceptors (Lipinski definition) is 1. The van der Waals surface area contributed by atoms with Gasteiger partial charge in [-0.1, -0.05) is 11.6 Å². The number of benzene rings is 1. The standard InChI is InChI=1S/C9H11ClN2/c1-11-9(12-2)7-3-5-8(10)6-4-7/h3-6H,1-2H3,(H,11,12). The smallest absolute Gasteiger partial charge is 0.127 e. The number of aliphatic imine (C=N–C) groups is 1. The second-order valence-electron chi connectivity index (χ2n) is 2.33. The summed E-state index contributed by atoms with van der Waals surface area (Å²) in [7, 11) is 3.59. The average Bonchev–Trinajstić information content (AvgIpc) is 2.10. The third-order valence-electron chi connectivity index (χ3n) is 1.58. The monoisotopic (exact) mass is 182 g/mol. The summed E-state index contributed by atoms with van der Waals surface area (Å²) in [4.78, 5) is 4.07. The van der Waals surface area contributed by atoms with Crippen LogP contribution >= 0.6 is 11.6 Å². The van der Waals surface area contributed by atoms with E-state index < -0.39 is 0 Å². The summed E-state index contributed by atoms with van der Waals surface area (Å²) in [5, 5.41) is 3.74. The van der Waals surface area contributed by atoms with E-state index in [1.54, 1.807) is 7.05 Å². The zero-order valence-corrected chi connectivity index (χ0v) is 7.89. The predicted octanol–water partition coefficient (Wildman–Crippen LogP) is 1.94. The van der Waals surface area contributed by atoms with Crippen LogP contribution in [0.2, 0.25) is 5.02 Å². The van der Waals surface area contributed by atoms with E-state index in [2.05, 4.69) is 10.3 Å². The minimum absolute atomic E-state index is 0.741. The third kappa shape index (κ3) is 1.98. The van der Waals surface area contributed by atoms with Gasteiger partial charge in [0.25, 0.3) is 0 Å². The Labute approximate surface area is 77.3 Å². The molecule has 0 aliphatic rings. The van der Waals surface area contributed by atoms with Crippen LogP contribution in [0, 0.1) is 0 Å². The Morgan fingerprint density at radius 3 is 2.33 bits per heavy atom. The molecule has 0 bridgehead atoms. The summed E-state index contributed by atoms with van der Waals surface area (Å²) in [5.74, 6) is 0.867. The highest BCUT2D eigenvalue weighted by Crippen LogP contribution is 2.09. The minimum atomic E-state index is 0.741. The quantitative estimate of drug-likeness (QED) is 0.521. The van der Waals surface area contributed by atoms with Gasteiger partial charge < -0.3 is 5.32 Å². The van der Waals surface area contributed by atoms with Crippen LogP contribution < -0.4 is 5.32 Å². The van der Waals surface area contributed by atoms with Crippen molar-refractivity contribution >= 4 is 17.4 Å². The first-order valence-corrected chi connectivity index (χ1v) is 4.06. The Balaban J connectivity index is 2.96. The number of nitrogens with one attached hydrogen (secondary N) is 1. The predicted molar refractivity (Wildman–Crippen MR) is 53.0 cm³/mol. The average molecular weight is 183 g/mol. The number of hydrogen-bond donors (Lipinski definition) is 1. The molecule has 2 nitrogen and oxygen atoms in total. The summed E-state index contributed by atoms with van der Waals surface area (Å²) >= 11 is 5.74. The van der Waals surface area contributed by atoms with E-state index in [9.17, 15) is 0 Å². The highest BCUT2D eigenvalue weighted by molar-refractivity contribution is 6.30. The first-order chi connectivity index (χ1) is 5.77. The molecule has 1 rings (SSSR count). The molecule has 0 saturated heterocycles. The fourth-order valence-corrected chi connectivity index (χ4v) is 1.12. The number of amidine groups is 1. The largest absolute Gasteiger partial charge is 0.373 e. The Morgan fingerprint density at radius 1 is 1.33 bits per heavy atom. The molecular formula is C9H11ClN2. The maximum atomic E-state index is 5.74. The van der Waals surface area contributed by atoms with Crippen LogP contribution in [-0.2, 0) is 0 Å². The highest BCUT2D eigenvalue weighted by atomic mass is 35.5. The van der Waals surface area contributed by atoms with Gasteiger partial charge in [-0.2, -0.15) is 0 Å². The first kappa shape index (κ1) is 9.07. The van der Waals surface area contributed by atoms with Crippen LogP contribution in [0.15, 0.2) is 29.3 Å². The van der Waals surface area contributed by atoms with Gasteiger partial charge in [0, 0.05) is 24.7 Å². The Morgan fingerprint density at radius 2 is 1.92 bits per heavy atom. The SMILES string of the molecule is CN=C(NC)c1ccc(Cl)cc1. The molecule has 0 aromatic heterocycles. The van der Waals surface area contributed by atoms with Gasteiger partial charge in [-0.15, -0.1) is 0 Å². The van der Waals surface area contributed by atoms with Crippen molar-refractivity contribution in [3.63, 3.8) is 0 Å². The van der Waals surface area contributed by atoms with Gasteiger partial charge in [0.2, 0.25) is 0 Å². The van der Waals surface area contributed by atoms with E-state index in [-0.39, 0.29) is 0 Å². The van der Waals surface area contributed by atoms with Crippen molar-refractivity contribution in [1.82, 2.24) is 5.32 Å².